The minimum Gasteiger partial charge on any atom is -0.483 e. The van der Waals surface area contributed by atoms with Crippen LogP contribution in [-0.2, 0) is 17.5 Å². The van der Waals surface area contributed by atoms with E-state index in [9.17, 15) is 22.8 Å². The van der Waals surface area contributed by atoms with Gasteiger partial charge in [0.05, 0.1) is 17.8 Å². The number of aromatic nitrogens is 2. The molecule has 0 aliphatic carbocycles. The van der Waals surface area contributed by atoms with Gasteiger partial charge < -0.3 is 10.1 Å². The zero-order valence-electron chi connectivity index (χ0n) is 16.6. The number of carbonyl (C=O) groups is 1. The van der Waals surface area contributed by atoms with Crippen LogP contribution in [0.1, 0.15) is 11.1 Å². The Balaban J connectivity index is 1.56. The summed E-state index contributed by atoms with van der Waals surface area (Å²) in [6.07, 6.45) is -4.58. The van der Waals surface area contributed by atoms with Crippen molar-refractivity contribution in [3.8, 4) is 17.0 Å². The summed E-state index contributed by atoms with van der Waals surface area (Å²) in [5, 5.41) is 6.81. The Morgan fingerprint density at radius 2 is 1.77 bits per heavy atom. The number of alkyl halides is 3. The molecule has 6 nitrogen and oxygen atoms in total. The highest BCUT2D eigenvalue weighted by Gasteiger charge is 2.34. The number of carbonyl (C=O) groups excluding carboxylic acids is 1. The number of benzene rings is 2. The normalized spacial score (nSPS) is 11.2. The van der Waals surface area contributed by atoms with E-state index in [-0.39, 0.29) is 18.6 Å². The number of hydrogen-bond donors (Lipinski definition) is 1. The molecule has 0 bridgehead atoms. The van der Waals surface area contributed by atoms with Gasteiger partial charge in [-0.2, -0.15) is 18.3 Å². The molecule has 2 aromatic carbocycles. The highest BCUT2D eigenvalue weighted by atomic mass is 19.4. The first kappa shape index (κ1) is 22.1. The number of aryl methyl sites for hydroxylation is 1. The number of halogens is 3. The number of ether oxygens (including phenoxy) is 1. The molecule has 0 fully saturated rings. The van der Waals surface area contributed by atoms with Crippen LogP contribution in [0.25, 0.3) is 11.3 Å². The lowest BCUT2D eigenvalue weighted by molar-refractivity contribution is -0.139. The third-order valence-electron chi connectivity index (χ3n) is 4.41. The van der Waals surface area contributed by atoms with E-state index in [4.69, 9.17) is 4.74 Å². The summed E-state index contributed by atoms with van der Waals surface area (Å²) in [6, 6.07) is 15.3. The average Bonchev–Trinajstić information content (AvgIpc) is 2.74. The lowest BCUT2D eigenvalue weighted by Crippen LogP contribution is -2.34. The summed E-state index contributed by atoms with van der Waals surface area (Å²) < 4.78 is 45.1. The Labute approximate surface area is 176 Å². The third-order valence-corrected chi connectivity index (χ3v) is 4.41. The van der Waals surface area contributed by atoms with Gasteiger partial charge in [-0.25, -0.2) is 4.68 Å². The average molecular weight is 431 g/mol. The molecule has 9 heteroatoms. The predicted molar refractivity (Wildman–Crippen MR) is 109 cm³/mol. The van der Waals surface area contributed by atoms with Crippen molar-refractivity contribution in [3.05, 3.63) is 82.1 Å². The maximum absolute atomic E-state index is 13.0. The van der Waals surface area contributed by atoms with Crippen LogP contribution >= 0.6 is 0 Å². The van der Waals surface area contributed by atoms with E-state index in [2.05, 4.69) is 10.4 Å². The quantitative estimate of drug-likeness (QED) is 0.622. The van der Waals surface area contributed by atoms with E-state index in [1.807, 2.05) is 31.2 Å². The summed E-state index contributed by atoms with van der Waals surface area (Å²) in [5.74, 6) is -1.03. The van der Waals surface area contributed by atoms with Crippen LogP contribution in [0.2, 0.25) is 0 Å². The van der Waals surface area contributed by atoms with Crippen LogP contribution < -0.4 is 15.6 Å². The maximum atomic E-state index is 13.0. The summed E-state index contributed by atoms with van der Waals surface area (Å²) in [5.41, 5.74) is 1.27. The van der Waals surface area contributed by atoms with E-state index in [0.29, 0.717) is 5.69 Å². The molecule has 0 spiro atoms. The molecule has 0 aliphatic rings. The van der Waals surface area contributed by atoms with Gasteiger partial charge in [0.1, 0.15) is 5.75 Å². The summed E-state index contributed by atoms with van der Waals surface area (Å²) >= 11 is 0. The molecule has 1 heterocycles. The molecule has 0 atom stereocenters. The van der Waals surface area contributed by atoms with Crippen molar-refractivity contribution in [3.63, 3.8) is 0 Å². The van der Waals surface area contributed by atoms with E-state index in [1.165, 1.54) is 22.9 Å². The van der Waals surface area contributed by atoms with Crippen molar-refractivity contribution < 1.29 is 22.7 Å². The minimum absolute atomic E-state index is 0.0629. The van der Waals surface area contributed by atoms with Gasteiger partial charge in [-0.1, -0.05) is 42.0 Å². The van der Waals surface area contributed by atoms with E-state index >= 15 is 0 Å². The van der Waals surface area contributed by atoms with Crippen LogP contribution in [0.5, 0.6) is 5.75 Å². The topological polar surface area (TPSA) is 73.2 Å². The second-order valence-corrected chi connectivity index (χ2v) is 6.78. The highest BCUT2D eigenvalue weighted by molar-refractivity contribution is 5.77. The lowest BCUT2D eigenvalue weighted by Gasteiger charge is -2.13. The number of amides is 1. The summed E-state index contributed by atoms with van der Waals surface area (Å²) in [6.45, 7) is 1.54. The number of hydrogen-bond acceptors (Lipinski definition) is 4. The van der Waals surface area contributed by atoms with Gasteiger partial charge in [-0.15, -0.1) is 0 Å². The van der Waals surface area contributed by atoms with Crippen LogP contribution in [0.4, 0.5) is 13.2 Å². The number of nitrogens with zero attached hydrogens (tertiary/aromatic N) is 2. The summed E-state index contributed by atoms with van der Waals surface area (Å²) in [7, 11) is 0. The standard InChI is InChI=1S/C22H20F3N3O3/c1-15-6-8-16(9-7-15)18-10-11-21(30)28(27-18)13-12-26-20(29)14-31-19-5-3-2-4-17(19)22(23,24)25/h2-11H,12-14H2,1H3,(H,26,29). The van der Waals surface area contributed by atoms with Crippen LogP contribution in [0.3, 0.4) is 0 Å². The monoisotopic (exact) mass is 431 g/mol. The Hall–Kier alpha value is -3.62. The molecule has 0 unspecified atom stereocenters. The molecule has 0 saturated heterocycles. The van der Waals surface area contributed by atoms with Gasteiger partial charge in [-0.05, 0) is 25.1 Å². The largest absolute Gasteiger partial charge is 0.483 e. The molecular formula is C22H20F3N3O3. The van der Waals surface area contributed by atoms with Crippen molar-refractivity contribution in [1.82, 2.24) is 15.1 Å². The first-order chi connectivity index (χ1) is 14.7. The van der Waals surface area contributed by atoms with Crippen molar-refractivity contribution in [2.75, 3.05) is 13.2 Å². The molecule has 1 aromatic heterocycles. The minimum atomic E-state index is -4.58. The Morgan fingerprint density at radius 3 is 2.48 bits per heavy atom. The van der Waals surface area contributed by atoms with Crippen LogP contribution in [0.15, 0.2) is 65.5 Å². The third kappa shape index (κ3) is 5.94. The smallest absolute Gasteiger partial charge is 0.419 e. The molecule has 3 rings (SSSR count). The fraction of sp³-hybridized carbons (Fsp3) is 0.227. The number of rotatable bonds is 7. The second kappa shape index (κ2) is 9.46. The molecular weight excluding hydrogens is 411 g/mol. The Kier molecular flexibility index (Phi) is 6.74. The van der Waals surface area contributed by atoms with Crippen molar-refractivity contribution in [2.45, 2.75) is 19.6 Å². The highest BCUT2D eigenvalue weighted by Crippen LogP contribution is 2.35. The lowest BCUT2D eigenvalue weighted by atomic mass is 10.1. The molecule has 162 valence electrons. The predicted octanol–water partition coefficient (Wildman–Crippen LogP) is 3.43. The van der Waals surface area contributed by atoms with Gasteiger partial charge in [0, 0.05) is 18.2 Å². The molecule has 0 radical (unpaired) electrons. The Bertz CT molecular complexity index is 1110. The van der Waals surface area contributed by atoms with Gasteiger partial charge in [0.2, 0.25) is 0 Å². The molecule has 1 N–H and O–H groups in total. The second-order valence-electron chi connectivity index (χ2n) is 6.78. The van der Waals surface area contributed by atoms with Gasteiger partial charge in [-0.3, -0.25) is 9.59 Å². The summed E-state index contributed by atoms with van der Waals surface area (Å²) in [4.78, 5) is 24.0. The van der Waals surface area contributed by atoms with Crippen LogP contribution in [-0.4, -0.2) is 28.8 Å². The zero-order chi connectivity index (χ0) is 22.4. The number of nitrogens with one attached hydrogen (secondary N) is 1. The fourth-order valence-electron chi connectivity index (χ4n) is 2.81. The van der Waals surface area contributed by atoms with Gasteiger partial charge in [0.15, 0.2) is 6.61 Å². The van der Waals surface area contributed by atoms with Gasteiger partial charge in [0.25, 0.3) is 11.5 Å². The SMILES string of the molecule is Cc1ccc(-c2ccc(=O)n(CCNC(=O)COc3ccccc3C(F)(F)F)n2)cc1. The van der Waals surface area contributed by atoms with E-state index in [1.54, 1.807) is 6.07 Å². The van der Waals surface area contributed by atoms with Crippen LogP contribution in [0, 0.1) is 6.92 Å². The van der Waals surface area contributed by atoms with Crippen molar-refractivity contribution >= 4 is 5.91 Å². The van der Waals surface area contributed by atoms with Crippen molar-refractivity contribution in [2.24, 2.45) is 0 Å². The maximum Gasteiger partial charge on any atom is 0.419 e. The molecule has 0 saturated carbocycles. The zero-order valence-corrected chi connectivity index (χ0v) is 16.6. The first-order valence-electron chi connectivity index (χ1n) is 9.45. The van der Waals surface area contributed by atoms with E-state index < -0.39 is 30.0 Å². The molecule has 31 heavy (non-hydrogen) atoms. The Morgan fingerprint density at radius 1 is 1.06 bits per heavy atom. The molecule has 1 amide bonds. The number of para-hydroxylation sites is 1. The molecule has 0 aliphatic heterocycles. The van der Waals surface area contributed by atoms with E-state index in [0.717, 1.165) is 23.3 Å². The van der Waals surface area contributed by atoms with Crippen molar-refractivity contribution in [1.29, 1.82) is 0 Å². The fourth-order valence-corrected chi connectivity index (χ4v) is 2.81. The first-order valence-corrected chi connectivity index (χ1v) is 9.45. The van der Waals surface area contributed by atoms with Gasteiger partial charge >= 0.3 is 6.18 Å². The molecule has 3 aromatic rings.